The fraction of sp³-hybridized carbons (Fsp3) is 0.423. The van der Waals surface area contributed by atoms with Crippen LogP contribution < -0.4 is 4.74 Å². The van der Waals surface area contributed by atoms with E-state index in [1.807, 2.05) is 49.8 Å². The van der Waals surface area contributed by atoms with Crippen LogP contribution in [-0.2, 0) is 34.8 Å². The van der Waals surface area contributed by atoms with Gasteiger partial charge in [-0.05, 0) is 42.7 Å². The van der Waals surface area contributed by atoms with Crippen LogP contribution >= 0.6 is 0 Å². The number of carbonyl (C=O) groups is 1. The van der Waals surface area contributed by atoms with Gasteiger partial charge in [0.25, 0.3) is 5.91 Å². The number of benzene rings is 1. The molecule has 3 aromatic rings. The van der Waals surface area contributed by atoms with Crippen molar-refractivity contribution in [3.63, 3.8) is 0 Å². The lowest BCUT2D eigenvalue weighted by molar-refractivity contribution is -0.181. The number of fused-ring (bicyclic) bond motifs is 2. The van der Waals surface area contributed by atoms with Crippen molar-refractivity contribution in [1.82, 2.24) is 24.3 Å². The minimum Gasteiger partial charge on any atom is -0.497 e. The summed E-state index contributed by atoms with van der Waals surface area (Å²) in [5.41, 5.74) is 1.58. The third-order valence-electron chi connectivity index (χ3n) is 6.86. The number of imidazole rings is 1. The average molecular weight is 462 g/mol. The highest BCUT2D eigenvalue weighted by Gasteiger charge is 2.47. The highest BCUT2D eigenvalue weighted by atomic mass is 16.5. The zero-order valence-corrected chi connectivity index (χ0v) is 19.8. The number of hydrogen-bond acceptors (Lipinski definition) is 6. The van der Waals surface area contributed by atoms with E-state index in [-0.39, 0.29) is 5.91 Å². The molecule has 0 bridgehead atoms. The van der Waals surface area contributed by atoms with Gasteiger partial charge < -0.3 is 18.9 Å². The highest BCUT2D eigenvalue weighted by Crippen LogP contribution is 2.40. The number of ether oxygens (including phenoxy) is 2. The Morgan fingerprint density at radius 3 is 2.65 bits per heavy atom. The maximum Gasteiger partial charge on any atom is 0.253 e. The fourth-order valence-corrected chi connectivity index (χ4v) is 4.99. The van der Waals surface area contributed by atoms with E-state index < -0.39 is 11.7 Å². The SMILES string of the molecule is COc1ccc(CN2CCC3(CC2)O[C@H](C(=O)N(C)Cc2ccccn2)Cn2ccnc23)cc1. The lowest BCUT2D eigenvalue weighted by Gasteiger charge is -2.46. The van der Waals surface area contributed by atoms with Crippen LogP contribution in [0.25, 0.3) is 0 Å². The molecular weight excluding hydrogens is 430 g/mol. The molecule has 2 aliphatic rings. The molecule has 2 aromatic heterocycles. The first-order chi connectivity index (χ1) is 16.6. The van der Waals surface area contributed by atoms with E-state index in [2.05, 4.69) is 31.6 Å². The van der Waals surface area contributed by atoms with Crippen LogP contribution in [0.15, 0.2) is 61.1 Å². The molecule has 34 heavy (non-hydrogen) atoms. The summed E-state index contributed by atoms with van der Waals surface area (Å²) in [6, 6.07) is 14.0. The molecule has 4 heterocycles. The van der Waals surface area contributed by atoms with Crippen molar-refractivity contribution < 1.29 is 14.3 Å². The van der Waals surface area contributed by atoms with E-state index in [0.717, 1.165) is 49.7 Å². The van der Waals surface area contributed by atoms with Crippen molar-refractivity contribution in [3.8, 4) is 5.75 Å². The monoisotopic (exact) mass is 461 g/mol. The second-order valence-electron chi connectivity index (χ2n) is 9.14. The molecule has 2 aliphatic heterocycles. The second kappa shape index (κ2) is 9.56. The van der Waals surface area contributed by atoms with Gasteiger partial charge >= 0.3 is 0 Å². The molecule has 8 heteroatoms. The van der Waals surface area contributed by atoms with Crippen LogP contribution in [0, 0.1) is 0 Å². The van der Waals surface area contributed by atoms with Crippen molar-refractivity contribution in [1.29, 1.82) is 0 Å². The first kappa shape index (κ1) is 22.6. The van der Waals surface area contributed by atoms with E-state index in [4.69, 9.17) is 9.47 Å². The molecule has 178 valence electrons. The molecule has 1 fully saturated rings. The second-order valence-corrected chi connectivity index (χ2v) is 9.14. The van der Waals surface area contributed by atoms with Gasteiger partial charge in [-0.25, -0.2) is 4.98 Å². The first-order valence-electron chi connectivity index (χ1n) is 11.8. The number of nitrogens with zero attached hydrogens (tertiary/aromatic N) is 5. The third kappa shape index (κ3) is 4.56. The number of pyridine rings is 1. The van der Waals surface area contributed by atoms with E-state index in [1.165, 1.54) is 5.56 Å². The molecule has 8 nitrogen and oxygen atoms in total. The Labute approximate surface area is 200 Å². The van der Waals surface area contributed by atoms with Crippen molar-refractivity contribution in [3.05, 3.63) is 78.1 Å². The summed E-state index contributed by atoms with van der Waals surface area (Å²) in [4.78, 5) is 26.5. The van der Waals surface area contributed by atoms with Gasteiger partial charge in [0, 0.05) is 45.3 Å². The number of amides is 1. The lowest BCUT2D eigenvalue weighted by Crippen LogP contribution is -2.54. The predicted octanol–water partition coefficient (Wildman–Crippen LogP) is 2.84. The smallest absolute Gasteiger partial charge is 0.253 e. The lowest BCUT2D eigenvalue weighted by atomic mass is 9.88. The molecule has 0 aliphatic carbocycles. The van der Waals surface area contributed by atoms with Gasteiger partial charge in [0.2, 0.25) is 0 Å². The average Bonchev–Trinajstić information content (AvgIpc) is 3.36. The Hall–Kier alpha value is -3.23. The summed E-state index contributed by atoms with van der Waals surface area (Å²) in [5, 5.41) is 0. The molecule has 0 saturated carbocycles. The Balaban J connectivity index is 1.26. The van der Waals surface area contributed by atoms with Gasteiger partial charge in [-0.3, -0.25) is 14.7 Å². The summed E-state index contributed by atoms with van der Waals surface area (Å²) >= 11 is 0. The van der Waals surface area contributed by atoms with Gasteiger partial charge in [0.1, 0.15) is 17.2 Å². The van der Waals surface area contributed by atoms with Gasteiger partial charge in [0.05, 0.1) is 25.9 Å². The Kier molecular flexibility index (Phi) is 6.34. The zero-order chi connectivity index (χ0) is 23.5. The van der Waals surface area contributed by atoms with Crippen LogP contribution in [0.1, 0.15) is 29.9 Å². The van der Waals surface area contributed by atoms with E-state index in [0.29, 0.717) is 13.1 Å². The maximum absolute atomic E-state index is 13.3. The van der Waals surface area contributed by atoms with Crippen LogP contribution in [0.4, 0.5) is 0 Å². The maximum atomic E-state index is 13.3. The van der Waals surface area contributed by atoms with Crippen LogP contribution in [-0.4, -0.2) is 63.6 Å². The molecule has 1 spiro atoms. The van der Waals surface area contributed by atoms with E-state index in [1.54, 1.807) is 18.2 Å². The molecule has 1 amide bonds. The minimum absolute atomic E-state index is 0.0231. The minimum atomic E-state index is -0.538. The van der Waals surface area contributed by atoms with Crippen molar-refractivity contribution in [2.24, 2.45) is 0 Å². The Morgan fingerprint density at radius 2 is 1.94 bits per heavy atom. The van der Waals surface area contributed by atoms with Crippen LogP contribution in [0.2, 0.25) is 0 Å². The Bertz CT molecular complexity index is 1110. The topological polar surface area (TPSA) is 72.7 Å². The molecule has 1 aromatic carbocycles. The number of hydrogen-bond donors (Lipinski definition) is 0. The normalized spacial score (nSPS) is 19.5. The summed E-state index contributed by atoms with van der Waals surface area (Å²) in [7, 11) is 3.50. The quantitative estimate of drug-likeness (QED) is 0.562. The van der Waals surface area contributed by atoms with Gasteiger partial charge in [0.15, 0.2) is 6.10 Å². The molecule has 1 atom stereocenters. The number of carbonyl (C=O) groups excluding carboxylic acids is 1. The van der Waals surface area contributed by atoms with Gasteiger partial charge in [-0.1, -0.05) is 18.2 Å². The zero-order valence-electron chi connectivity index (χ0n) is 19.8. The molecule has 0 unspecified atom stereocenters. The summed E-state index contributed by atoms with van der Waals surface area (Å²) in [5.74, 6) is 1.78. The molecule has 0 N–H and O–H groups in total. The summed E-state index contributed by atoms with van der Waals surface area (Å²) in [6.07, 6.45) is 6.58. The number of piperidine rings is 1. The molecule has 0 radical (unpaired) electrons. The van der Waals surface area contributed by atoms with Gasteiger partial charge in [-0.15, -0.1) is 0 Å². The van der Waals surface area contributed by atoms with Crippen molar-refractivity contribution in [2.45, 2.75) is 44.2 Å². The third-order valence-corrected chi connectivity index (χ3v) is 6.86. The number of methoxy groups -OCH3 is 1. The summed E-state index contributed by atoms with van der Waals surface area (Å²) < 4.78 is 14.0. The van der Waals surface area contributed by atoms with Gasteiger partial charge in [-0.2, -0.15) is 0 Å². The fourth-order valence-electron chi connectivity index (χ4n) is 4.99. The van der Waals surface area contributed by atoms with Crippen LogP contribution in [0.3, 0.4) is 0 Å². The number of likely N-dealkylation sites (tertiary alicyclic amines) is 1. The Morgan fingerprint density at radius 1 is 1.15 bits per heavy atom. The molecule has 1 saturated heterocycles. The number of likely N-dealkylation sites (N-methyl/N-ethyl adjacent to an activating group) is 1. The summed E-state index contributed by atoms with van der Waals surface area (Å²) in [6.45, 7) is 3.58. The number of rotatable bonds is 6. The first-order valence-corrected chi connectivity index (χ1v) is 11.8. The standard InChI is InChI=1S/C26H31N5O3/c1-29(18-21-5-3-4-12-27-21)24(32)23-19-31-16-13-28-25(31)26(34-23)10-14-30(15-11-26)17-20-6-8-22(33-2)9-7-20/h3-9,12-13,16,23H,10-11,14-15,17-19H2,1-2H3/t23-/m0/s1. The predicted molar refractivity (Wildman–Crippen MR) is 127 cm³/mol. The van der Waals surface area contributed by atoms with Crippen LogP contribution in [0.5, 0.6) is 5.75 Å². The number of aromatic nitrogens is 3. The van der Waals surface area contributed by atoms with E-state index >= 15 is 0 Å². The largest absolute Gasteiger partial charge is 0.497 e. The molecular formula is C26H31N5O3. The molecule has 5 rings (SSSR count). The van der Waals surface area contributed by atoms with Crippen molar-refractivity contribution in [2.75, 3.05) is 27.2 Å². The van der Waals surface area contributed by atoms with E-state index in [9.17, 15) is 4.79 Å². The van der Waals surface area contributed by atoms with Crippen molar-refractivity contribution >= 4 is 5.91 Å². The highest BCUT2D eigenvalue weighted by molar-refractivity contribution is 5.80.